The van der Waals surface area contributed by atoms with Crippen molar-refractivity contribution >= 4 is 44.5 Å². The number of anilines is 1. The van der Waals surface area contributed by atoms with Crippen LogP contribution in [0.2, 0.25) is 0 Å². The van der Waals surface area contributed by atoms with Gasteiger partial charge in [-0.1, -0.05) is 48.5 Å². The zero-order valence-corrected chi connectivity index (χ0v) is 16.3. The largest absolute Gasteiger partial charge is 0.261 e. The summed E-state index contributed by atoms with van der Waals surface area (Å²) in [5.41, 5.74) is 6.32. The monoisotopic (exact) mass is 395 g/mol. The van der Waals surface area contributed by atoms with E-state index in [2.05, 4.69) is 55.8 Å². The first-order valence-electron chi connectivity index (χ1n) is 9.27. The van der Waals surface area contributed by atoms with Gasteiger partial charge in [0, 0.05) is 28.4 Å². The molecule has 0 aliphatic rings. The molecular weight excluding hydrogens is 378 g/mol. The minimum absolute atomic E-state index is 0.708. The van der Waals surface area contributed by atoms with E-state index in [1.807, 2.05) is 36.4 Å². The maximum atomic E-state index is 4.42. The molecule has 1 N–H and O–H groups in total. The van der Waals surface area contributed by atoms with Crippen LogP contribution >= 0.6 is 11.3 Å². The van der Waals surface area contributed by atoms with Gasteiger partial charge in [-0.3, -0.25) is 10.4 Å². The lowest BCUT2D eigenvalue weighted by molar-refractivity contribution is 1.19. The van der Waals surface area contributed by atoms with E-state index in [9.17, 15) is 0 Å². The maximum Gasteiger partial charge on any atom is 0.158 e. The summed E-state index contributed by atoms with van der Waals surface area (Å²) in [5, 5.41) is 6.47. The van der Waals surface area contributed by atoms with Crippen molar-refractivity contribution in [3.8, 4) is 0 Å². The van der Waals surface area contributed by atoms with Gasteiger partial charge in [0.2, 0.25) is 0 Å². The third-order valence-electron chi connectivity index (χ3n) is 4.66. The Morgan fingerprint density at radius 3 is 2.69 bits per heavy atom. The molecule has 0 amide bonds. The first-order chi connectivity index (χ1) is 14.4. The lowest BCUT2D eigenvalue weighted by Gasteiger charge is -2.02. The molecule has 0 fully saturated rings. The van der Waals surface area contributed by atoms with Crippen LogP contribution in [-0.4, -0.2) is 21.2 Å². The fourth-order valence-electron chi connectivity index (χ4n) is 3.27. The lowest BCUT2D eigenvalue weighted by atomic mass is 10.1. The Morgan fingerprint density at radius 2 is 1.76 bits per heavy atom. The molecule has 5 rings (SSSR count). The Morgan fingerprint density at radius 1 is 0.897 bits per heavy atom. The number of nitrogens with one attached hydrogen (secondary N) is 1. The highest BCUT2D eigenvalue weighted by Gasteiger charge is 2.09. The van der Waals surface area contributed by atoms with E-state index in [0.29, 0.717) is 5.82 Å². The van der Waals surface area contributed by atoms with Gasteiger partial charge < -0.3 is 0 Å². The zero-order valence-electron chi connectivity index (χ0n) is 15.5. The van der Waals surface area contributed by atoms with Gasteiger partial charge in [-0.05, 0) is 23.8 Å². The Bertz CT molecular complexity index is 1310. The van der Waals surface area contributed by atoms with Crippen molar-refractivity contribution in [3.63, 3.8) is 0 Å². The first kappa shape index (κ1) is 17.5. The summed E-state index contributed by atoms with van der Waals surface area (Å²) in [4.78, 5) is 15.4. The number of hydrazone groups is 1. The van der Waals surface area contributed by atoms with Crippen molar-refractivity contribution < 1.29 is 0 Å². The highest BCUT2D eigenvalue weighted by molar-refractivity contribution is 7.18. The maximum absolute atomic E-state index is 4.42. The van der Waals surface area contributed by atoms with Crippen LogP contribution in [0.1, 0.15) is 16.0 Å². The van der Waals surface area contributed by atoms with Crippen molar-refractivity contribution in [1.29, 1.82) is 0 Å². The predicted octanol–water partition coefficient (Wildman–Crippen LogP) is 5.28. The van der Waals surface area contributed by atoms with Crippen LogP contribution in [0.25, 0.3) is 21.1 Å². The predicted molar refractivity (Wildman–Crippen MR) is 120 cm³/mol. The standard InChI is InChI=1S/C23H17N5S/c1-2-6-16(7-3-1)12-18-13-20-22(25-15-26-23(20)29-18)28-27-14-17-10-11-24-21-9-5-4-8-19(17)21/h1-11,13-15H,12H2,(H,25,26,28)/b27-14+. The summed E-state index contributed by atoms with van der Waals surface area (Å²) in [6.07, 6.45) is 6.05. The van der Waals surface area contributed by atoms with Gasteiger partial charge in [0.25, 0.3) is 0 Å². The summed E-state index contributed by atoms with van der Waals surface area (Å²) in [5.74, 6) is 0.708. The van der Waals surface area contributed by atoms with Crippen LogP contribution in [-0.2, 0) is 6.42 Å². The fourth-order valence-corrected chi connectivity index (χ4v) is 4.30. The zero-order chi connectivity index (χ0) is 19.5. The van der Waals surface area contributed by atoms with Crippen molar-refractivity contribution in [2.75, 3.05) is 5.43 Å². The summed E-state index contributed by atoms with van der Waals surface area (Å²) in [7, 11) is 0. The molecule has 2 aromatic carbocycles. The number of pyridine rings is 1. The topological polar surface area (TPSA) is 63.1 Å². The number of para-hydroxylation sites is 1. The smallest absolute Gasteiger partial charge is 0.158 e. The molecule has 0 unspecified atom stereocenters. The van der Waals surface area contributed by atoms with Crippen molar-refractivity contribution in [2.24, 2.45) is 5.10 Å². The van der Waals surface area contributed by atoms with Crippen LogP contribution in [0, 0.1) is 0 Å². The van der Waals surface area contributed by atoms with Crippen molar-refractivity contribution in [1.82, 2.24) is 15.0 Å². The third-order valence-corrected chi connectivity index (χ3v) is 5.70. The summed E-state index contributed by atoms with van der Waals surface area (Å²) < 4.78 is 0. The van der Waals surface area contributed by atoms with E-state index >= 15 is 0 Å². The molecule has 0 aliphatic heterocycles. The number of aromatic nitrogens is 3. The number of hydrogen-bond acceptors (Lipinski definition) is 6. The molecule has 3 heterocycles. The van der Waals surface area contributed by atoms with E-state index in [0.717, 1.165) is 33.1 Å². The van der Waals surface area contributed by atoms with Gasteiger partial charge in [0.05, 0.1) is 17.1 Å². The average Bonchev–Trinajstić information content (AvgIpc) is 3.18. The molecule has 0 atom stereocenters. The second-order valence-corrected chi connectivity index (χ2v) is 7.72. The van der Waals surface area contributed by atoms with E-state index in [1.54, 1.807) is 30.1 Å². The summed E-state index contributed by atoms with van der Waals surface area (Å²) >= 11 is 1.69. The first-order valence-corrected chi connectivity index (χ1v) is 10.1. The number of rotatable bonds is 5. The Hall–Kier alpha value is -3.64. The molecule has 29 heavy (non-hydrogen) atoms. The van der Waals surface area contributed by atoms with E-state index < -0.39 is 0 Å². The van der Waals surface area contributed by atoms with Crippen LogP contribution in [0.15, 0.2) is 84.4 Å². The van der Waals surface area contributed by atoms with E-state index in [-0.39, 0.29) is 0 Å². The van der Waals surface area contributed by atoms with E-state index in [1.165, 1.54) is 10.4 Å². The summed E-state index contributed by atoms with van der Waals surface area (Å²) in [6.45, 7) is 0. The quantitative estimate of drug-likeness (QED) is 0.325. The molecule has 0 saturated heterocycles. The SMILES string of the molecule is C(=N\Nc1ncnc2sc(Cc3ccccc3)cc12)/c1ccnc2ccccc12. The van der Waals surface area contributed by atoms with Gasteiger partial charge in [-0.25, -0.2) is 9.97 Å². The Kier molecular flexibility index (Phi) is 4.68. The number of thiophene rings is 1. The summed E-state index contributed by atoms with van der Waals surface area (Å²) in [6, 6.07) is 22.5. The highest BCUT2D eigenvalue weighted by atomic mass is 32.1. The van der Waals surface area contributed by atoms with Gasteiger partial charge in [0.1, 0.15) is 11.2 Å². The average molecular weight is 395 g/mol. The van der Waals surface area contributed by atoms with Crippen molar-refractivity contribution in [2.45, 2.75) is 6.42 Å². The molecule has 5 aromatic rings. The molecule has 0 spiro atoms. The van der Waals surface area contributed by atoms with Gasteiger partial charge >= 0.3 is 0 Å². The minimum atomic E-state index is 0.708. The van der Waals surface area contributed by atoms with E-state index in [4.69, 9.17) is 0 Å². The molecule has 0 radical (unpaired) electrons. The molecule has 0 saturated carbocycles. The van der Waals surface area contributed by atoms with Crippen LogP contribution in [0.5, 0.6) is 0 Å². The van der Waals surface area contributed by atoms with Gasteiger partial charge in [-0.2, -0.15) is 5.10 Å². The fraction of sp³-hybridized carbons (Fsp3) is 0.0435. The second kappa shape index (κ2) is 7.77. The number of fused-ring (bicyclic) bond motifs is 2. The number of nitrogens with zero attached hydrogens (tertiary/aromatic N) is 4. The minimum Gasteiger partial charge on any atom is -0.261 e. The van der Waals surface area contributed by atoms with Crippen LogP contribution < -0.4 is 5.43 Å². The normalized spacial score (nSPS) is 11.4. The third kappa shape index (κ3) is 3.70. The Labute approximate surface area is 171 Å². The molecule has 0 bridgehead atoms. The molecule has 140 valence electrons. The van der Waals surface area contributed by atoms with Gasteiger partial charge in [-0.15, -0.1) is 11.3 Å². The molecule has 0 aliphatic carbocycles. The lowest BCUT2D eigenvalue weighted by Crippen LogP contribution is -1.95. The molecule has 6 heteroatoms. The van der Waals surface area contributed by atoms with Crippen molar-refractivity contribution in [3.05, 3.63) is 95.3 Å². The second-order valence-electron chi connectivity index (χ2n) is 6.60. The number of benzene rings is 2. The van der Waals surface area contributed by atoms with Crippen LogP contribution in [0.4, 0.5) is 5.82 Å². The van der Waals surface area contributed by atoms with Crippen LogP contribution in [0.3, 0.4) is 0 Å². The molecule has 3 aromatic heterocycles. The number of hydrogen-bond donors (Lipinski definition) is 1. The highest BCUT2D eigenvalue weighted by Crippen LogP contribution is 2.29. The van der Waals surface area contributed by atoms with Gasteiger partial charge in [0.15, 0.2) is 5.82 Å². The molecular formula is C23H17N5S. The molecule has 5 nitrogen and oxygen atoms in total. The Balaban J connectivity index is 1.41.